The molecule has 1 radical (unpaired) electrons. The van der Waals surface area contributed by atoms with Gasteiger partial charge in [0.25, 0.3) is 0 Å². The van der Waals surface area contributed by atoms with Gasteiger partial charge in [0.15, 0.2) is 0 Å². The van der Waals surface area contributed by atoms with Crippen LogP contribution in [0.2, 0.25) is 0 Å². The zero-order chi connectivity index (χ0) is 5.98. The summed E-state index contributed by atoms with van der Waals surface area (Å²) in [5, 5.41) is 4.09. The molecule has 0 saturated carbocycles. The van der Waals surface area contributed by atoms with E-state index in [-0.39, 0.29) is 11.8 Å². The Morgan fingerprint density at radius 2 is 2.50 bits per heavy atom. The first-order valence-electron chi connectivity index (χ1n) is 2.98. The fraction of sp³-hybridized carbons (Fsp3) is 0.833. The molecule has 2 heteroatoms. The summed E-state index contributed by atoms with van der Waals surface area (Å²) in [6.45, 7) is 2.50. The van der Waals surface area contributed by atoms with Crippen LogP contribution in [0.3, 0.4) is 0 Å². The Balaban J connectivity index is 2.35. The van der Waals surface area contributed by atoms with Gasteiger partial charge in [-0.25, -0.2) is 5.32 Å². The largest absolute Gasteiger partial charge is 0.298 e. The molecule has 1 saturated heterocycles. The summed E-state index contributed by atoms with van der Waals surface area (Å²) in [6, 6.07) is 0.0509. The zero-order valence-corrected chi connectivity index (χ0v) is 5.05. The van der Waals surface area contributed by atoms with Crippen molar-refractivity contribution in [3.8, 4) is 0 Å². The van der Waals surface area contributed by atoms with E-state index in [9.17, 15) is 4.79 Å². The highest BCUT2D eigenvalue weighted by atomic mass is 16.1. The first-order chi connectivity index (χ1) is 3.80. The van der Waals surface area contributed by atoms with Crippen molar-refractivity contribution >= 4 is 5.78 Å². The van der Waals surface area contributed by atoms with Crippen molar-refractivity contribution in [2.24, 2.45) is 0 Å². The molecule has 8 heavy (non-hydrogen) atoms. The second kappa shape index (κ2) is 2.27. The van der Waals surface area contributed by atoms with Gasteiger partial charge in [-0.1, -0.05) is 0 Å². The van der Waals surface area contributed by atoms with Gasteiger partial charge in [-0.15, -0.1) is 0 Å². The molecule has 1 rings (SSSR count). The van der Waals surface area contributed by atoms with Crippen LogP contribution in [0, 0.1) is 0 Å². The number of carbonyl (C=O) groups excluding carboxylic acids is 1. The maximum Gasteiger partial charge on any atom is 0.148 e. The van der Waals surface area contributed by atoms with Crippen molar-refractivity contribution < 1.29 is 4.79 Å². The third kappa shape index (κ3) is 1.07. The van der Waals surface area contributed by atoms with Crippen LogP contribution >= 0.6 is 0 Å². The minimum absolute atomic E-state index is 0.0509. The van der Waals surface area contributed by atoms with E-state index in [1.54, 1.807) is 6.92 Å². The molecule has 0 aliphatic carbocycles. The van der Waals surface area contributed by atoms with Crippen molar-refractivity contribution in [2.45, 2.75) is 25.8 Å². The molecule has 2 nitrogen and oxygen atoms in total. The van der Waals surface area contributed by atoms with E-state index in [4.69, 9.17) is 0 Å². The SMILES string of the molecule is CC(=O)C1CCC[N]1. The quantitative estimate of drug-likeness (QED) is 0.481. The Hall–Kier alpha value is -0.370. The minimum Gasteiger partial charge on any atom is -0.298 e. The smallest absolute Gasteiger partial charge is 0.148 e. The van der Waals surface area contributed by atoms with Gasteiger partial charge >= 0.3 is 0 Å². The number of hydrogen-bond acceptors (Lipinski definition) is 1. The van der Waals surface area contributed by atoms with Crippen LogP contribution in [0.4, 0.5) is 0 Å². The van der Waals surface area contributed by atoms with Crippen molar-refractivity contribution in [3.05, 3.63) is 0 Å². The number of ketones is 1. The first kappa shape index (κ1) is 5.76. The minimum atomic E-state index is 0.0509. The highest BCUT2D eigenvalue weighted by Gasteiger charge is 2.18. The van der Waals surface area contributed by atoms with Gasteiger partial charge in [-0.2, -0.15) is 0 Å². The van der Waals surface area contributed by atoms with Crippen molar-refractivity contribution in [2.75, 3.05) is 6.54 Å². The molecule has 1 atom stereocenters. The monoisotopic (exact) mass is 112 g/mol. The van der Waals surface area contributed by atoms with Gasteiger partial charge < -0.3 is 0 Å². The summed E-state index contributed by atoms with van der Waals surface area (Å²) in [5.74, 6) is 0.225. The summed E-state index contributed by atoms with van der Waals surface area (Å²) >= 11 is 0. The van der Waals surface area contributed by atoms with E-state index in [2.05, 4.69) is 5.32 Å². The predicted molar refractivity (Wildman–Crippen MR) is 30.7 cm³/mol. The molecule has 0 spiro atoms. The van der Waals surface area contributed by atoms with Crippen LogP contribution in [-0.4, -0.2) is 18.4 Å². The predicted octanol–water partition coefficient (Wildman–Crippen LogP) is 0.342. The summed E-state index contributed by atoms with van der Waals surface area (Å²) in [7, 11) is 0. The molecule has 0 bridgehead atoms. The van der Waals surface area contributed by atoms with Gasteiger partial charge in [0.05, 0.1) is 6.04 Å². The fourth-order valence-corrected chi connectivity index (χ4v) is 0.955. The Labute approximate surface area is 49.3 Å². The Morgan fingerprint density at radius 1 is 1.75 bits per heavy atom. The van der Waals surface area contributed by atoms with Crippen LogP contribution in [0.5, 0.6) is 0 Å². The molecule has 1 heterocycles. The molecule has 0 N–H and O–H groups in total. The third-order valence-corrected chi connectivity index (χ3v) is 1.45. The molecule has 1 fully saturated rings. The van der Waals surface area contributed by atoms with Gasteiger partial charge in [-0.3, -0.25) is 4.79 Å². The van der Waals surface area contributed by atoms with Crippen LogP contribution in [0.15, 0.2) is 0 Å². The lowest BCUT2D eigenvalue weighted by atomic mass is 10.2. The van der Waals surface area contributed by atoms with Gasteiger partial charge in [0.1, 0.15) is 5.78 Å². The summed E-state index contributed by atoms with van der Waals surface area (Å²) in [5.41, 5.74) is 0. The standard InChI is InChI=1S/C6H10NO/c1-5(8)6-3-2-4-7-6/h6H,2-4H2,1H3. The van der Waals surface area contributed by atoms with Crippen LogP contribution < -0.4 is 5.32 Å². The summed E-state index contributed by atoms with van der Waals surface area (Å²) < 4.78 is 0. The lowest BCUT2D eigenvalue weighted by Crippen LogP contribution is -2.22. The van der Waals surface area contributed by atoms with Crippen molar-refractivity contribution in [1.82, 2.24) is 5.32 Å². The number of rotatable bonds is 1. The second-order valence-electron chi connectivity index (χ2n) is 2.17. The number of carbonyl (C=O) groups is 1. The van der Waals surface area contributed by atoms with E-state index < -0.39 is 0 Å². The number of hydrogen-bond donors (Lipinski definition) is 0. The molecule has 1 aliphatic heterocycles. The lowest BCUT2D eigenvalue weighted by Gasteiger charge is -1.99. The van der Waals surface area contributed by atoms with E-state index >= 15 is 0 Å². The van der Waals surface area contributed by atoms with Crippen molar-refractivity contribution in [3.63, 3.8) is 0 Å². The van der Waals surface area contributed by atoms with E-state index in [1.807, 2.05) is 0 Å². The molecule has 45 valence electrons. The molecular formula is C6H10NO. The summed E-state index contributed by atoms with van der Waals surface area (Å²) in [6.07, 6.45) is 2.08. The zero-order valence-electron chi connectivity index (χ0n) is 5.05. The molecular weight excluding hydrogens is 102 g/mol. The van der Waals surface area contributed by atoms with Gasteiger partial charge in [-0.05, 0) is 19.8 Å². The van der Waals surface area contributed by atoms with Crippen LogP contribution in [-0.2, 0) is 4.79 Å². The Kier molecular flexibility index (Phi) is 1.63. The highest BCUT2D eigenvalue weighted by molar-refractivity contribution is 5.81. The molecule has 0 aromatic rings. The Morgan fingerprint density at radius 3 is 2.75 bits per heavy atom. The average molecular weight is 112 g/mol. The number of nitrogens with zero attached hydrogens (tertiary/aromatic N) is 1. The second-order valence-corrected chi connectivity index (χ2v) is 2.17. The third-order valence-electron chi connectivity index (χ3n) is 1.45. The Bertz CT molecular complexity index is 94.7. The topological polar surface area (TPSA) is 31.2 Å². The first-order valence-corrected chi connectivity index (χ1v) is 2.98. The molecule has 0 aromatic carbocycles. The normalized spacial score (nSPS) is 28.4. The van der Waals surface area contributed by atoms with Crippen LogP contribution in [0.25, 0.3) is 0 Å². The maximum atomic E-state index is 10.6. The highest BCUT2D eigenvalue weighted by Crippen LogP contribution is 2.06. The average Bonchev–Trinajstić information content (AvgIpc) is 2.12. The summed E-state index contributed by atoms with van der Waals surface area (Å²) in [4.78, 5) is 10.6. The molecule has 0 aromatic heterocycles. The number of Topliss-reactive ketones (excluding diaryl/α,β-unsaturated/α-hetero) is 1. The molecule has 0 amide bonds. The molecule has 1 unspecified atom stereocenters. The lowest BCUT2D eigenvalue weighted by molar-refractivity contribution is -0.118. The van der Waals surface area contributed by atoms with Crippen LogP contribution in [0.1, 0.15) is 19.8 Å². The van der Waals surface area contributed by atoms with E-state index in [0.29, 0.717) is 0 Å². The van der Waals surface area contributed by atoms with Crippen molar-refractivity contribution in [1.29, 1.82) is 0 Å². The fourth-order valence-electron chi connectivity index (χ4n) is 0.955. The van der Waals surface area contributed by atoms with E-state index in [1.165, 1.54) is 0 Å². The maximum absolute atomic E-state index is 10.6. The van der Waals surface area contributed by atoms with Gasteiger partial charge in [0.2, 0.25) is 0 Å². The van der Waals surface area contributed by atoms with Gasteiger partial charge in [0, 0.05) is 6.54 Å². The molecule has 1 aliphatic rings. The van der Waals surface area contributed by atoms with E-state index in [0.717, 1.165) is 19.4 Å².